The van der Waals surface area contributed by atoms with E-state index in [0.29, 0.717) is 0 Å². The Labute approximate surface area is 105 Å². The van der Waals surface area contributed by atoms with Gasteiger partial charge >= 0.3 is 0 Å². The van der Waals surface area contributed by atoms with Crippen molar-refractivity contribution in [2.45, 2.75) is 47.0 Å². The van der Waals surface area contributed by atoms with Crippen molar-refractivity contribution in [1.82, 2.24) is 0 Å². The zero-order valence-corrected chi connectivity index (χ0v) is 12.0. The monoisotopic (exact) mass is 234 g/mol. The molecule has 88 valence electrons. The molecule has 16 heavy (non-hydrogen) atoms. The van der Waals surface area contributed by atoms with Crippen LogP contribution in [-0.2, 0) is 5.41 Å². The Hall–Kier alpha value is -0.690. The summed E-state index contributed by atoms with van der Waals surface area (Å²) in [4.78, 5) is 1.04. The van der Waals surface area contributed by atoms with Gasteiger partial charge in [0.15, 0.2) is 0 Å². The van der Waals surface area contributed by atoms with E-state index >= 15 is 0 Å². The van der Waals surface area contributed by atoms with Gasteiger partial charge in [0.05, 0.1) is 0 Å². The lowest BCUT2D eigenvalue weighted by Crippen LogP contribution is -2.19. The van der Waals surface area contributed by atoms with Gasteiger partial charge in [-0.1, -0.05) is 78.0 Å². The molecule has 0 saturated carbocycles. The highest BCUT2D eigenvalue weighted by atomic mass is 32.1. The van der Waals surface area contributed by atoms with Crippen molar-refractivity contribution >= 4 is 17.1 Å². The van der Waals surface area contributed by atoms with Gasteiger partial charge in [0.1, 0.15) is 0 Å². The summed E-state index contributed by atoms with van der Waals surface area (Å²) in [6.07, 6.45) is 0. The van der Waals surface area contributed by atoms with E-state index in [1.807, 2.05) is 0 Å². The Morgan fingerprint density at radius 1 is 0.875 bits per heavy atom. The van der Waals surface area contributed by atoms with Crippen LogP contribution in [0.3, 0.4) is 0 Å². The van der Waals surface area contributed by atoms with Gasteiger partial charge < -0.3 is 0 Å². The summed E-state index contributed by atoms with van der Waals surface area (Å²) in [5.74, 6) is 0. The third-order valence-corrected chi connectivity index (χ3v) is 3.54. The fourth-order valence-corrected chi connectivity index (χ4v) is 1.69. The number of rotatable bonds is 1. The van der Waals surface area contributed by atoms with Crippen molar-refractivity contribution in [1.29, 1.82) is 0 Å². The fourth-order valence-electron chi connectivity index (χ4n) is 1.55. The molecule has 0 nitrogen and oxygen atoms in total. The average Bonchev–Trinajstić information content (AvgIpc) is 2.14. The first-order valence-electron chi connectivity index (χ1n) is 5.78. The van der Waals surface area contributed by atoms with Crippen LogP contribution in [0.2, 0.25) is 0 Å². The molecule has 0 heterocycles. The molecule has 1 rings (SSSR count). The zero-order chi connectivity index (χ0) is 12.6. The van der Waals surface area contributed by atoms with Crippen molar-refractivity contribution in [2.75, 3.05) is 0 Å². The lowest BCUT2D eigenvalue weighted by atomic mass is 9.84. The van der Waals surface area contributed by atoms with Crippen LogP contribution >= 0.6 is 12.2 Å². The first-order valence-corrected chi connectivity index (χ1v) is 6.18. The number of thiocarbonyl (C=S) groups is 1. The molecule has 0 unspecified atom stereocenters. The molecule has 0 fully saturated rings. The molecule has 0 atom stereocenters. The molecule has 0 aromatic heterocycles. The molecule has 0 bridgehead atoms. The molecule has 0 N–H and O–H groups in total. The van der Waals surface area contributed by atoms with Gasteiger partial charge in [0.25, 0.3) is 0 Å². The van der Waals surface area contributed by atoms with E-state index in [2.05, 4.69) is 65.8 Å². The van der Waals surface area contributed by atoms with Crippen LogP contribution in [0, 0.1) is 5.41 Å². The summed E-state index contributed by atoms with van der Waals surface area (Å²) in [6.45, 7) is 13.2. The SMILES string of the molecule is CC(C)(C)C(=S)c1ccc(C(C)(C)C)cc1. The maximum absolute atomic E-state index is 5.49. The van der Waals surface area contributed by atoms with Crippen molar-refractivity contribution in [3.8, 4) is 0 Å². The minimum Gasteiger partial charge on any atom is -0.0837 e. The molecule has 1 heteroatoms. The second-order valence-electron chi connectivity index (χ2n) is 6.41. The smallest absolute Gasteiger partial charge is 0.0278 e. The number of hydrogen-bond donors (Lipinski definition) is 0. The van der Waals surface area contributed by atoms with Gasteiger partial charge in [-0.15, -0.1) is 0 Å². The minimum absolute atomic E-state index is 0.0680. The molecule has 0 aliphatic heterocycles. The van der Waals surface area contributed by atoms with Gasteiger partial charge in [-0.3, -0.25) is 0 Å². The van der Waals surface area contributed by atoms with Crippen LogP contribution < -0.4 is 0 Å². The summed E-state index contributed by atoms with van der Waals surface area (Å²) in [6, 6.07) is 8.67. The van der Waals surface area contributed by atoms with E-state index in [1.165, 1.54) is 11.1 Å². The van der Waals surface area contributed by atoms with Gasteiger partial charge in [-0.25, -0.2) is 0 Å². The highest BCUT2D eigenvalue weighted by Crippen LogP contribution is 2.26. The standard InChI is InChI=1S/C15H22S/c1-14(2,3)12-9-7-11(8-10-12)13(16)15(4,5)6/h7-10H,1-6H3. The van der Waals surface area contributed by atoms with Gasteiger partial charge in [0.2, 0.25) is 0 Å². The maximum Gasteiger partial charge on any atom is 0.0278 e. The van der Waals surface area contributed by atoms with Crippen LogP contribution in [-0.4, -0.2) is 4.86 Å². The lowest BCUT2D eigenvalue weighted by Gasteiger charge is -2.22. The minimum atomic E-state index is 0.0680. The van der Waals surface area contributed by atoms with Crippen LogP contribution in [0.5, 0.6) is 0 Å². The molecule has 0 radical (unpaired) electrons. The topological polar surface area (TPSA) is 0 Å². The Morgan fingerprint density at radius 3 is 1.62 bits per heavy atom. The van der Waals surface area contributed by atoms with E-state index < -0.39 is 0 Å². The third kappa shape index (κ3) is 3.15. The Bertz CT molecular complexity index is 371. The zero-order valence-electron chi connectivity index (χ0n) is 11.2. The van der Waals surface area contributed by atoms with Crippen molar-refractivity contribution in [3.05, 3.63) is 35.4 Å². The highest BCUT2D eigenvalue weighted by Gasteiger charge is 2.19. The van der Waals surface area contributed by atoms with Crippen LogP contribution in [0.4, 0.5) is 0 Å². The summed E-state index contributed by atoms with van der Waals surface area (Å²) < 4.78 is 0. The van der Waals surface area contributed by atoms with Crippen molar-refractivity contribution in [2.24, 2.45) is 5.41 Å². The largest absolute Gasteiger partial charge is 0.0837 e. The van der Waals surface area contributed by atoms with E-state index in [4.69, 9.17) is 12.2 Å². The average molecular weight is 234 g/mol. The highest BCUT2D eigenvalue weighted by molar-refractivity contribution is 7.81. The summed E-state index contributed by atoms with van der Waals surface area (Å²) >= 11 is 5.49. The van der Waals surface area contributed by atoms with Crippen LogP contribution in [0.15, 0.2) is 24.3 Å². The first kappa shape index (κ1) is 13.4. The first-order chi connectivity index (χ1) is 7.12. The Kier molecular flexibility index (Phi) is 3.59. The number of benzene rings is 1. The second-order valence-corrected chi connectivity index (χ2v) is 6.81. The van der Waals surface area contributed by atoms with Gasteiger partial charge in [0, 0.05) is 4.86 Å². The molecule has 1 aromatic rings. The Balaban J connectivity index is 3.01. The van der Waals surface area contributed by atoms with E-state index in [0.717, 1.165) is 4.86 Å². The van der Waals surface area contributed by atoms with Crippen molar-refractivity contribution < 1.29 is 0 Å². The lowest BCUT2D eigenvalue weighted by molar-refractivity contribution is 0.589. The molecule has 0 spiro atoms. The molecular formula is C15H22S. The summed E-state index contributed by atoms with van der Waals surface area (Å²) in [7, 11) is 0. The quantitative estimate of drug-likeness (QED) is 0.499. The van der Waals surface area contributed by atoms with Crippen LogP contribution in [0.25, 0.3) is 0 Å². The molecule has 1 aromatic carbocycles. The molecular weight excluding hydrogens is 212 g/mol. The molecule has 0 aliphatic carbocycles. The van der Waals surface area contributed by atoms with E-state index in [-0.39, 0.29) is 10.8 Å². The van der Waals surface area contributed by atoms with Crippen LogP contribution in [0.1, 0.15) is 52.7 Å². The van der Waals surface area contributed by atoms with E-state index in [1.54, 1.807) is 0 Å². The van der Waals surface area contributed by atoms with E-state index in [9.17, 15) is 0 Å². The predicted molar refractivity (Wildman–Crippen MR) is 76.3 cm³/mol. The molecule has 0 saturated heterocycles. The second kappa shape index (κ2) is 4.29. The summed E-state index contributed by atoms with van der Waals surface area (Å²) in [5, 5.41) is 0. The van der Waals surface area contributed by atoms with Gasteiger partial charge in [-0.05, 0) is 22.0 Å². The normalized spacial score (nSPS) is 12.6. The van der Waals surface area contributed by atoms with Gasteiger partial charge in [-0.2, -0.15) is 0 Å². The third-order valence-electron chi connectivity index (χ3n) is 2.69. The van der Waals surface area contributed by atoms with Crippen molar-refractivity contribution in [3.63, 3.8) is 0 Å². The molecule has 0 amide bonds. The Morgan fingerprint density at radius 2 is 1.31 bits per heavy atom. The maximum atomic E-state index is 5.49. The number of hydrogen-bond acceptors (Lipinski definition) is 1. The molecule has 0 aliphatic rings. The fraction of sp³-hybridized carbons (Fsp3) is 0.533. The predicted octanol–water partition coefficient (Wildman–Crippen LogP) is 4.75. The summed E-state index contributed by atoms with van der Waals surface area (Å²) in [5.41, 5.74) is 2.81.